The second-order valence-electron chi connectivity index (χ2n) is 3.43. The fourth-order valence-electron chi connectivity index (χ4n) is 1.30. The maximum absolute atomic E-state index is 11.8. The monoisotopic (exact) mass is 321 g/mol. The number of nitrogens with one attached hydrogen (secondary N) is 1. The molecular weight excluding hydrogens is 314 g/mol. The molecule has 0 radical (unpaired) electrons. The standard InChI is InChI=1S/C12H8BrN3OS/c13-11-4-2-9(18-11)7-16-12(17)10-3-1-8(5-14)6-15-10/h1-4,6H,7H2,(H,16,17). The van der Waals surface area contributed by atoms with Gasteiger partial charge in [0.05, 0.1) is 15.9 Å². The number of hydrogen-bond donors (Lipinski definition) is 1. The molecule has 0 aliphatic heterocycles. The van der Waals surface area contributed by atoms with E-state index < -0.39 is 0 Å². The Morgan fingerprint density at radius 3 is 2.83 bits per heavy atom. The number of hydrogen-bond acceptors (Lipinski definition) is 4. The molecular formula is C12H8BrN3OS. The molecule has 18 heavy (non-hydrogen) atoms. The van der Waals surface area contributed by atoms with Crippen LogP contribution in [0.5, 0.6) is 0 Å². The normalized spacial score (nSPS) is 9.78. The molecule has 6 heteroatoms. The molecule has 0 aromatic carbocycles. The quantitative estimate of drug-likeness (QED) is 0.945. The molecule has 0 aliphatic carbocycles. The highest BCUT2D eigenvalue weighted by Gasteiger charge is 2.07. The summed E-state index contributed by atoms with van der Waals surface area (Å²) in [4.78, 5) is 16.7. The van der Waals surface area contributed by atoms with Gasteiger partial charge in [-0.2, -0.15) is 5.26 Å². The van der Waals surface area contributed by atoms with E-state index in [0.717, 1.165) is 8.66 Å². The highest BCUT2D eigenvalue weighted by molar-refractivity contribution is 9.11. The van der Waals surface area contributed by atoms with Gasteiger partial charge in [0.1, 0.15) is 11.8 Å². The molecule has 0 saturated heterocycles. The molecule has 2 aromatic heterocycles. The Bertz CT molecular complexity index is 601. The highest BCUT2D eigenvalue weighted by atomic mass is 79.9. The summed E-state index contributed by atoms with van der Waals surface area (Å²) in [7, 11) is 0. The lowest BCUT2D eigenvalue weighted by atomic mass is 10.2. The number of halogens is 1. The van der Waals surface area contributed by atoms with Gasteiger partial charge in [-0.1, -0.05) is 0 Å². The van der Waals surface area contributed by atoms with E-state index >= 15 is 0 Å². The average Bonchev–Trinajstić information content (AvgIpc) is 2.82. The Morgan fingerprint density at radius 2 is 2.28 bits per heavy atom. The SMILES string of the molecule is N#Cc1ccc(C(=O)NCc2ccc(Br)s2)nc1. The first-order valence-corrected chi connectivity index (χ1v) is 6.68. The number of nitrogens with zero attached hydrogens (tertiary/aromatic N) is 2. The lowest BCUT2D eigenvalue weighted by Gasteiger charge is -2.02. The summed E-state index contributed by atoms with van der Waals surface area (Å²) >= 11 is 4.93. The van der Waals surface area contributed by atoms with E-state index in [1.165, 1.54) is 12.3 Å². The summed E-state index contributed by atoms with van der Waals surface area (Å²) in [5, 5.41) is 11.4. The van der Waals surface area contributed by atoms with Crippen molar-refractivity contribution in [3.8, 4) is 6.07 Å². The van der Waals surface area contributed by atoms with Crippen LogP contribution in [0.15, 0.2) is 34.2 Å². The van der Waals surface area contributed by atoms with Crippen LogP contribution in [0.3, 0.4) is 0 Å². The molecule has 0 aliphatic rings. The first kappa shape index (κ1) is 12.7. The van der Waals surface area contributed by atoms with Crippen molar-refractivity contribution in [3.05, 3.63) is 50.4 Å². The van der Waals surface area contributed by atoms with Gasteiger partial charge in [-0.3, -0.25) is 4.79 Å². The average molecular weight is 322 g/mol. The Hall–Kier alpha value is -1.71. The summed E-state index contributed by atoms with van der Waals surface area (Å²) in [6.07, 6.45) is 1.39. The molecule has 2 aromatic rings. The summed E-state index contributed by atoms with van der Waals surface area (Å²) in [5.41, 5.74) is 0.748. The second kappa shape index (κ2) is 5.76. The third-order valence-corrected chi connectivity index (χ3v) is 3.80. The molecule has 0 saturated carbocycles. The van der Waals surface area contributed by atoms with Crippen molar-refractivity contribution in [1.29, 1.82) is 5.26 Å². The first-order valence-electron chi connectivity index (χ1n) is 5.07. The van der Waals surface area contributed by atoms with Crippen LogP contribution < -0.4 is 5.32 Å². The molecule has 0 spiro atoms. The number of thiophene rings is 1. The summed E-state index contributed by atoms with van der Waals surface area (Å²) in [6.45, 7) is 0.469. The molecule has 2 rings (SSSR count). The zero-order valence-corrected chi connectivity index (χ0v) is 11.6. The van der Waals surface area contributed by atoms with E-state index in [2.05, 4.69) is 26.2 Å². The number of rotatable bonds is 3. The molecule has 0 bridgehead atoms. The Kier molecular flexibility index (Phi) is 4.07. The van der Waals surface area contributed by atoms with Gasteiger partial charge in [0.2, 0.25) is 0 Å². The van der Waals surface area contributed by atoms with Crippen LogP contribution in [0.25, 0.3) is 0 Å². The summed E-state index contributed by atoms with van der Waals surface area (Å²) in [6, 6.07) is 8.95. The lowest BCUT2D eigenvalue weighted by molar-refractivity contribution is 0.0946. The van der Waals surface area contributed by atoms with Crippen LogP contribution in [0, 0.1) is 11.3 Å². The molecule has 0 fully saturated rings. The number of amides is 1. The van der Waals surface area contributed by atoms with Crippen molar-refractivity contribution in [2.75, 3.05) is 0 Å². The van der Waals surface area contributed by atoms with E-state index in [9.17, 15) is 4.79 Å². The Balaban J connectivity index is 1.97. The van der Waals surface area contributed by atoms with Crippen LogP contribution in [0.2, 0.25) is 0 Å². The molecule has 0 unspecified atom stereocenters. The predicted octanol–water partition coefficient (Wildman–Crippen LogP) is 2.71. The van der Waals surface area contributed by atoms with Gasteiger partial charge in [0, 0.05) is 11.1 Å². The van der Waals surface area contributed by atoms with E-state index in [4.69, 9.17) is 5.26 Å². The minimum Gasteiger partial charge on any atom is -0.346 e. The number of carbonyl (C=O) groups is 1. The van der Waals surface area contributed by atoms with Crippen LogP contribution in [-0.4, -0.2) is 10.9 Å². The molecule has 2 heterocycles. The van der Waals surface area contributed by atoms with Gasteiger partial charge in [0.15, 0.2) is 0 Å². The topological polar surface area (TPSA) is 65.8 Å². The van der Waals surface area contributed by atoms with Gasteiger partial charge in [-0.15, -0.1) is 11.3 Å². The summed E-state index contributed by atoms with van der Waals surface area (Å²) in [5.74, 6) is -0.246. The fraction of sp³-hybridized carbons (Fsp3) is 0.0833. The van der Waals surface area contributed by atoms with Crippen molar-refractivity contribution in [2.24, 2.45) is 0 Å². The van der Waals surface area contributed by atoms with Crippen LogP contribution >= 0.6 is 27.3 Å². The van der Waals surface area contributed by atoms with E-state index in [-0.39, 0.29) is 5.91 Å². The van der Waals surface area contributed by atoms with E-state index in [0.29, 0.717) is 17.8 Å². The second-order valence-corrected chi connectivity index (χ2v) is 5.98. The van der Waals surface area contributed by atoms with Gasteiger partial charge in [0.25, 0.3) is 5.91 Å². The van der Waals surface area contributed by atoms with E-state index in [1.807, 2.05) is 18.2 Å². The maximum atomic E-state index is 11.8. The van der Waals surface area contributed by atoms with Gasteiger partial charge >= 0.3 is 0 Å². The number of pyridine rings is 1. The zero-order chi connectivity index (χ0) is 13.0. The van der Waals surface area contributed by atoms with Gasteiger partial charge in [-0.05, 0) is 40.2 Å². The van der Waals surface area contributed by atoms with Crippen molar-refractivity contribution < 1.29 is 4.79 Å². The Morgan fingerprint density at radius 1 is 1.44 bits per heavy atom. The predicted molar refractivity (Wildman–Crippen MR) is 72.1 cm³/mol. The maximum Gasteiger partial charge on any atom is 0.270 e. The third-order valence-electron chi connectivity index (χ3n) is 2.18. The molecule has 0 atom stereocenters. The first-order chi connectivity index (χ1) is 8.69. The lowest BCUT2D eigenvalue weighted by Crippen LogP contribution is -2.23. The molecule has 1 amide bonds. The summed E-state index contributed by atoms with van der Waals surface area (Å²) < 4.78 is 1.03. The zero-order valence-electron chi connectivity index (χ0n) is 9.18. The third kappa shape index (κ3) is 3.15. The van der Waals surface area contributed by atoms with Gasteiger partial charge in [-0.25, -0.2) is 4.98 Å². The van der Waals surface area contributed by atoms with Crippen LogP contribution in [0.1, 0.15) is 20.9 Å². The molecule has 90 valence electrons. The van der Waals surface area contributed by atoms with Crippen molar-refractivity contribution in [3.63, 3.8) is 0 Å². The minimum atomic E-state index is -0.246. The van der Waals surface area contributed by atoms with E-state index in [1.54, 1.807) is 17.4 Å². The van der Waals surface area contributed by atoms with Crippen LogP contribution in [0.4, 0.5) is 0 Å². The highest BCUT2D eigenvalue weighted by Crippen LogP contribution is 2.21. The number of carbonyl (C=O) groups excluding carboxylic acids is 1. The fourth-order valence-corrected chi connectivity index (χ4v) is 2.72. The molecule has 4 nitrogen and oxygen atoms in total. The largest absolute Gasteiger partial charge is 0.346 e. The van der Waals surface area contributed by atoms with Crippen molar-refractivity contribution >= 4 is 33.2 Å². The molecule has 1 N–H and O–H groups in total. The number of aromatic nitrogens is 1. The Labute approximate surface area is 116 Å². The van der Waals surface area contributed by atoms with Crippen molar-refractivity contribution in [1.82, 2.24) is 10.3 Å². The smallest absolute Gasteiger partial charge is 0.270 e. The van der Waals surface area contributed by atoms with Crippen LogP contribution in [-0.2, 0) is 6.54 Å². The minimum absolute atomic E-state index is 0.246. The van der Waals surface area contributed by atoms with Gasteiger partial charge < -0.3 is 5.32 Å². The van der Waals surface area contributed by atoms with Crippen molar-refractivity contribution in [2.45, 2.75) is 6.54 Å². The number of nitriles is 1.